The van der Waals surface area contributed by atoms with Crippen LogP contribution in [0.1, 0.15) is 0 Å². The molecule has 0 saturated heterocycles. The summed E-state index contributed by atoms with van der Waals surface area (Å²) in [5.41, 5.74) is 3.75. The van der Waals surface area contributed by atoms with E-state index in [0.29, 0.717) is 0 Å². The Balaban J connectivity index is 2.13. The third-order valence-electron chi connectivity index (χ3n) is 2.64. The van der Waals surface area contributed by atoms with Gasteiger partial charge in [0.1, 0.15) is 0 Å². The van der Waals surface area contributed by atoms with Crippen molar-refractivity contribution in [2.75, 3.05) is 0 Å². The van der Waals surface area contributed by atoms with Crippen molar-refractivity contribution < 1.29 is 0 Å². The molecule has 0 spiro atoms. The minimum Gasteiger partial charge on any atom is -0.252 e. The molecular formula is C14H8Br2N2. The number of nitrogens with zero attached hydrogens (tertiary/aromatic N) is 2. The van der Waals surface area contributed by atoms with Gasteiger partial charge < -0.3 is 0 Å². The van der Waals surface area contributed by atoms with Crippen molar-refractivity contribution in [2.24, 2.45) is 0 Å². The fourth-order valence-electron chi connectivity index (χ4n) is 1.74. The molecule has 4 heteroatoms. The van der Waals surface area contributed by atoms with E-state index in [1.807, 2.05) is 42.5 Å². The third-order valence-corrected chi connectivity index (χ3v) is 3.67. The lowest BCUT2D eigenvalue weighted by molar-refractivity contribution is 1.29. The van der Waals surface area contributed by atoms with E-state index in [1.54, 1.807) is 6.20 Å². The number of aromatic nitrogens is 2. The lowest BCUT2D eigenvalue weighted by Gasteiger charge is -2.03. The summed E-state index contributed by atoms with van der Waals surface area (Å²) >= 11 is 6.86. The number of benzene rings is 2. The molecule has 0 aliphatic carbocycles. The summed E-state index contributed by atoms with van der Waals surface area (Å²) in [5, 5.41) is 0. The summed E-state index contributed by atoms with van der Waals surface area (Å²) in [7, 11) is 0. The summed E-state index contributed by atoms with van der Waals surface area (Å²) in [6.07, 6.45) is 1.80. The molecule has 18 heavy (non-hydrogen) atoms. The number of halogens is 2. The molecule has 0 radical (unpaired) electrons. The van der Waals surface area contributed by atoms with Gasteiger partial charge in [-0.15, -0.1) is 0 Å². The van der Waals surface area contributed by atoms with Gasteiger partial charge in [0.15, 0.2) is 0 Å². The van der Waals surface area contributed by atoms with Gasteiger partial charge in [0.05, 0.1) is 22.9 Å². The maximum Gasteiger partial charge on any atom is 0.0898 e. The molecule has 3 rings (SSSR count). The van der Waals surface area contributed by atoms with Crippen LogP contribution in [0.4, 0.5) is 0 Å². The number of hydrogen-bond acceptors (Lipinski definition) is 2. The van der Waals surface area contributed by atoms with Crippen LogP contribution in [0.2, 0.25) is 0 Å². The van der Waals surface area contributed by atoms with Crippen LogP contribution in [0.3, 0.4) is 0 Å². The number of fused-ring (bicyclic) bond motifs is 1. The molecule has 2 nitrogen and oxygen atoms in total. The fraction of sp³-hybridized carbons (Fsp3) is 0. The lowest BCUT2D eigenvalue weighted by Crippen LogP contribution is -1.88. The lowest BCUT2D eigenvalue weighted by atomic mass is 10.1. The van der Waals surface area contributed by atoms with Gasteiger partial charge in [0, 0.05) is 14.5 Å². The molecule has 0 atom stereocenters. The largest absolute Gasteiger partial charge is 0.252 e. The second kappa shape index (κ2) is 4.78. The molecule has 88 valence electrons. The van der Waals surface area contributed by atoms with Gasteiger partial charge in [-0.2, -0.15) is 0 Å². The molecule has 0 N–H and O–H groups in total. The Bertz CT molecular complexity index is 709. The SMILES string of the molecule is Brc1ccc(-c2cnc3cc(Br)ccc3n2)cc1. The average Bonchev–Trinajstić information content (AvgIpc) is 2.39. The molecule has 0 aliphatic heterocycles. The van der Waals surface area contributed by atoms with Crippen LogP contribution in [-0.2, 0) is 0 Å². The molecule has 0 aliphatic rings. The Morgan fingerprint density at radius 1 is 0.778 bits per heavy atom. The van der Waals surface area contributed by atoms with Crippen molar-refractivity contribution in [1.82, 2.24) is 9.97 Å². The monoisotopic (exact) mass is 362 g/mol. The van der Waals surface area contributed by atoms with E-state index < -0.39 is 0 Å². The van der Waals surface area contributed by atoms with Gasteiger partial charge in [0.2, 0.25) is 0 Å². The molecule has 1 heterocycles. The third kappa shape index (κ3) is 2.31. The predicted octanol–water partition coefficient (Wildman–Crippen LogP) is 4.82. The van der Waals surface area contributed by atoms with E-state index in [0.717, 1.165) is 31.2 Å². The average molecular weight is 364 g/mol. The zero-order valence-corrected chi connectivity index (χ0v) is 12.4. The maximum absolute atomic E-state index is 4.62. The first-order valence-electron chi connectivity index (χ1n) is 5.41. The summed E-state index contributed by atoms with van der Waals surface area (Å²) in [5.74, 6) is 0. The molecule has 3 aromatic rings. The highest BCUT2D eigenvalue weighted by molar-refractivity contribution is 9.10. The molecule has 1 aromatic heterocycles. The van der Waals surface area contributed by atoms with Crippen LogP contribution in [-0.4, -0.2) is 9.97 Å². The predicted molar refractivity (Wildman–Crippen MR) is 80.4 cm³/mol. The normalized spacial score (nSPS) is 10.8. The highest BCUT2D eigenvalue weighted by atomic mass is 79.9. The van der Waals surface area contributed by atoms with E-state index in [-0.39, 0.29) is 0 Å². The van der Waals surface area contributed by atoms with Crippen LogP contribution < -0.4 is 0 Å². The van der Waals surface area contributed by atoms with Gasteiger partial charge in [-0.1, -0.05) is 44.0 Å². The first-order chi connectivity index (χ1) is 8.72. The Labute approximate surface area is 121 Å². The Hall–Kier alpha value is -1.26. The van der Waals surface area contributed by atoms with Crippen molar-refractivity contribution in [1.29, 1.82) is 0 Å². The smallest absolute Gasteiger partial charge is 0.0898 e. The van der Waals surface area contributed by atoms with Crippen molar-refractivity contribution in [3.8, 4) is 11.3 Å². The zero-order chi connectivity index (χ0) is 12.5. The van der Waals surface area contributed by atoms with Crippen molar-refractivity contribution in [2.45, 2.75) is 0 Å². The molecule has 0 saturated carbocycles. The van der Waals surface area contributed by atoms with Crippen molar-refractivity contribution >= 4 is 42.9 Å². The van der Waals surface area contributed by atoms with Gasteiger partial charge in [-0.05, 0) is 30.3 Å². The fourth-order valence-corrected chi connectivity index (χ4v) is 2.36. The van der Waals surface area contributed by atoms with Gasteiger partial charge in [0.25, 0.3) is 0 Å². The van der Waals surface area contributed by atoms with E-state index >= 15 is 0 Å². The standard InChI is InChI=1S/C14H8Br2N2/c15-10-3-1-9(2-4-10)14-8-17-13-7-11(16)5-6-12(13)18-14/h1-8H. The van der Waals surface area contributed by atoms with E-state index in [1.165, 1.54) is 0 Å². The quantitative estimate of drug-likeness (QED) is 0.619. The van der Waals surface area contributed by atoms with Crippen LogP contribution in [0.5, 0.6) is 0 Å². The number of rotatable bonds is 1. The van der Waals surface area contributed by atoms with Crippen LogP contribution in [0, 0.1) is 0 Å². The molecular weight excluding hydrogens is 356 g/mol. The van der Waals surface area contributed by atoms with Crippen LogP contribution in [0.25, 0.3) is 22.3 Å². The highest BCUT2D eigenvalue weighted by Gasteiger charge is 2.03. The van der Waals surface area contributed by atoms with Crippen molar-refractivity contribution in [3.63, 3.8) is 0 Å². The molecule has 0 unspecified atom stereocenters. The molecule has 0 fully saturated rings. The van der Waals surface area contributed by atoms with Crippen LogP contribution in [0.15, 0.2) is 57.6 Å². The van der Waals surface area contributed by atoms with Gasteiger partial charge in [-0.25, -0.2) is 4.98 Å². The minimum absolute atomic E-state index is 0.886. The van der Waals surface area contributed by atoms with Gasteiger partial charge >= 0.3 is 0 Å². The van der Waals surface area contributed by atoms with Crippen molar-refractivity contribution in [3.05, 3.63) is 57.6 Å². The van der Waals surface area contributed by atoms with E-state index in [4.69, 9.17) is 0 Å². The second-order valence-corrected chi connectivity index (χ2v) is 5.73. The molecule has 0 bridgehead atoms. The number of hydrogen-bond donors (Lipinski definition) is 0. The Morgan fingerprint density at radius 2 is 1.50 bits per heavy atom. The second-order valence-electron chi connectivity index (χ2n) is 3.90. The first-order valence-corrected chi connectivity index (χ1v) is 6.99. The van der Waals surface area contributed by atoms with E-state index in [2.05, 4.69) is 41.8 Å². The first kappa shape index (κ1) is 11.8. The maximum atomic E-state index is 4.62. The Kier molecular flexibility index (Phi) is 3.14. The van der Waals surface area contributed by atoms with Gasteiger partial charge in [-0.3, -0.25) is 4.98 Å². The Morgan fingerprint density at radius 3 is 2.28 bits per heavy atom. The molecule has 0 amide bonds. The summed E-state index contributed by atoms with van der Waals surface area (Å²) in [6, 6.07) is 14.0. The summed E-state index contributed by atoms with van der Waals surface area (Å²) in [4.78, 5) is 9.05. The summed E-state index contributed by atoms with van der Waals surface area (Å²) < 4.78 is 2.07. The topological polar surface area (TPSA) is 25.8 Å². The zero-order valence-electron chi connectivity index (χ0n) is 9.27. The van der Waals surface area contributed by atoms with Crippen LogP contribution >= 0.6 is 31.9 Å². The van der Waals surface area contributed by atoms with E-state index in [9.17, 15) is 0 Å². The molecule has 2 aromatic carbocycles. The summed E-state index contributed by atoms with van der Waals surface area (Å²) in [6.45, 7) is 0. The highest BCUT2D eigenvalue weighted by Crippen LogP contribution is 2.22. The minimum atomic E-state index is 0.886.